The zero-order valence-electron chi connectivity index (χ0n) is 17.0. The normalized spacial score (nSPS) is 15.5. The van der Waals surface area contributed by atoms with E-state index in [1.807, 2.05) is 36.4 Å². The fourth-order valence-corrected chi connectivity index (χ4v) is 5.84. The van der Waals surface area contributed by atoms with Gasteiger partial charge in [-0.05, 0) is 0 Å². The van der Waals surface area contributed by atoms with E-state index in [0.717, 1.165) is 23.8 Å². The van der Waals surface area contributed by atoms with Gasteiger partial charge in [-0.1, -0.05) is 0 Å². The summed E-state index contributed by atoms with van der Waals surface area (Å²) in [5.74, 6) is -0.105. The van der Waals surface area contributed by atoms with E-state index in [-0.39, 0.29) is 32.8 Å². The number of carbonyl (C=O) groups is 2. The van der Waals surface area contributed by atoms with Crippen molar-refractivity contribution in [2.75, 3.05) is 4.90 Å². The first-order chi connectivity index (χ1) is 14.1. The molecule has 1 atom stereocenters. The molecule has 1 unspecified atom stereocenters. The number of nitrogens with zero attached hydrogens (tertiary/aromatic N) is 1. The second-order valence-electron chi connectivity index (χ2n) is 7.53. The standard InChI is InChI=1S/C24H30N2O2Se/c1-19(27)26(21-13-7-3-8-14-21)23(17-18-29-22-15-9-4-10-16-22)24(28)25-20-11-5-2-6-12-20/h3-4,7-10,13-16,20,23H,2,5-6,11-12,17-18H2,1H3,(H,25,28). The molecule has 0 bridgehead atoms. The quantitative estimate of drug-likeness (QED) is 0.615. The van der Waals surface area contributed by atoms with Crippen molar-refractivity contribution in [2.45, 2.75) is 62.9 Å². The molecule has 0 saturated heterocycles. The molecule has 1 fully saturated rings. The molecular weight excluding hydrogens is 427 g/mol. The summed E-state index contributed by atoms with van der Waals surface area (Å²) in [6.45, 7) is 1.55. The second kappa shape index (κ2) is 11.2. The molecular formula is C24H30N2O2Se. The minimum atomic E-state index is -0.470. The third-order valence-corrected chi connectivity index (χ3v) is 7.54. The Hall–Kier alpha value is -2.10. The van der Waals surface area contributed by atoms with Crippen LogP contribution in [0.2, 0.25) is 5.32 Å². The molecule has 2 amide bonds. The summed E-state index contributed by atoms with van der Waals surface area (Å²) < 4.78 is 1.32. The Morgan fingerprint density at radius 3 is 2.24 bits per heavy atom. The summed E-state index contributed by atoms with van der Waals surface area (Å²) in [5.41, 5.74) is 0.788. The maximum absolute atomic E-state index is 13.3. The molecule has 0 aliphatic heterocycles. The molecule has 3 rings (SSSR count). The Balaban J connectivity index is 1.75. The average molecular weight is 457 g/mol. The van der Waals surface area contributed by atoms with Crippen LogP contribution >= 0.6 is 0 Å². The molecule has 1 N–H and O–H groups in total. The SMILES string of the molecule is CC(=O)N(c1ccccc1)C(CC[Se]c1ccccc1)C(=O)NC1CCCCC1. The van der Waals surface area contributed by atoms with Crippen molar-refractivity contribution >= 4 is 36.9 Å². The second-order valence-corrected chi connectivity index (χ2v) is 9.99. The van der Waals surface area contributed by atoms with Crippen molar-refractivity contribution < 1.29 is 9.59 Å². The first-order valence-corrected chi connectivity index (χ1v) is 12.5. The van der Waals surface area contributed by atoms with Crippen LogP contribution < -0.4 is 14.7 Å². The summed E-state index contributed by atoms with van der Waals surface area (Å²) in [6.07, 6.45) is 6.33. The van der Waals surface area contributed by atoms with Crippen molar-refractivity contribution in [1.82, 2.24) is 5.32 Å². The van der Waals surface area contributed by atoms with Gasteiger partial charge in [0.15, 0.2) is 0 Å². The van der Waals surface area contributed by atoms with E-state index in [1.165, 1.54) is 23.7 Å². The minimum absolute atomic E-state index is 0.0141. The summed E-state index contributed by atoms with van der Waals surface area (Å²) in [6, 6.07) is 19.7. The molecule has 1 aliphatic rings. The molecule has 1 aliphatic carbocycles. The molecule has 154 valence electrons. The van der Waals surface area contributed by atoms with Crippen LogP contribution in [0.5, 0.6) is 0 Å². The number of para-hydroxylation sites is 1. The van der Waals surface area contributed by atoms with Gasteiger partial charge in [0.1, 0.15) is 0 Å². The van der Waals surface area contributed by atoms with Gasteiger partial charge >= 0.3 is 180 Å². The number of hydrogen-bond acceptors (Lipinski definition) is 2. The Kier molecular flexibility index (Phi) is 8.33. The van der Waals surface area contributed by atoms with Crippen molar-refractivity contribution in [3.8, 4) is 0 Å². The van der Waals surface area contributed by atoms with E-state index in [0.29, 0.717) is 6.42 Å². The van der Waals surface area contributed by atoms with Gasteiger partial charge < -0.3 is 0 Å². The Bertz CT molecular complexity index is 776. The molecule has 29 heavy (non-hydrogen) atoms. The zero-order valence-corrected chi connectivity index (χ0v) is 18.8. The Morgan fingerprint density at radius 1 is 1.00 bits per heavy atom. The van der Waals surface area contributed by atoms with Crippen LogP contribution in [0.3, 0.4) is 0 Å². The van der Waals surface area contributed by atoms with Crippen LogP contribution in [0, 0.1) is 0 Å². The number of carbonyl (C=O) groups excluding carboxylic acids is 2. The number of rotatable bonds is 8. The molecule has 0 radical (unpaired) electrons. The molecule has 1 saturated carbocycles. The molecule has 4 nitrogen and oxygen atoms in total. The summed E-state index contributed by atoms with van der Waals surface area (Å²) in [5, 5.41) is 4.16. The fraction of sp³-hybridized carbons (Fsp3) is 0.417. The summed E-state index contributed by atoms with van der Waals surface area (Å²) >= 11 is 0.282. The summed E-state index contributed by atoms with van der Waals surface area (Å²) in [7, 11) is 0. The average Bonchev–Trinajstić information content (AvgIpc) is 2.75. The number of nitrogens with one attached hydrogen (secondary N) is 1. The van der Waals surface area contributed by atoms with Crippen LogP contribution in [0.4, 0.5) is 5.69 Å². The molecule has 2 aromatic carbocycles. The topological polar surface area (TPSA) is 49.4 Å². The van der Waals surface area contributed by atoms with Gasteiger partial charge in [0.05, 0.1) is 0 Å². The number of amides is 2. The van der Waals surface area contributed by atoms with Gasteiger partial charge in [-0.25, -0.2) is 0 Å². The molecule has 0 spiro atoms. The van der Waals surface area contributed by atoms with Crippen molar-refractivity contribution in [1.29, 1.82) is 0 Å². The van der Waals surface area contributed by atoms with Crippen molar-refractivity contribution in [2.24, 2.45) is 0 Å². The van der Waals surface area contributed by atoms with E-state index >= 15 is 0 Å². The van der Waals surface area contributed by atoms with Gasteiger partial charge in [-0.3, -0.25) is 0 Å². The first kappa shape index (κ1) is 21.6. The Labute approximate surface area is 180 Å². The third kappa shape index (κ3) is 6.45. The third-order valence-electron chi connectivity index (χ3n) is 5.34. The fourth-order valence-electron chi connectivity index (χ4n) is 3.90. The molecule has 2 aromatic rings. The van der Waals surface area contributed by atoms with E-state index in [9.17, 15) is 9.59 Å². The monoisotopic (exact) mass is 458 g/mol. The molecule has 0 aromatic heterocycles. The van der Waals surface area contributed by atoms with Crippen LogP contribution in [-0.2, 0) is 9.59 Å². The number of hydrogen-bond donors (Lipinski definition) is 1. The Morgan fingerprint density at radius 2 is 1.62 bits per heavy atom. The zero-order chi connectivity index (χ0) is 20.5. The van der Waals surface area contributed by atoms with E-state index < -0.39 is 6.04 Å². The maximum atomic E-state index is 13.3. The van der Waals surface area contributed by atoms with Crippen LogP contribution in [0.15, 0.2) is 60.7 Å². The van der Waals surface area contributed by atoms with Crippen LogP contribution in [0.1, 0.15) is 45.4 Å². The predicted molar refractivity (Wildman–Crippen MR) is 120 cm³/mol. The summed E-state index contributed by atoms with van der Waals surface area (Å²) in [4.78, 5) is 27.5. The van der Waals surface area contributed by atoms with Gasteiger partial charge in [-0.15, -0.1) is 0 Å². The number of anilines is 1. The van der Waals surface area contributed by atoms with Crippen molar-refractivity contribution in [3.05, 3.63) is 60.7 Å². The van der Waals surface area contributed by atoms with Crippen LogP contribution in [0.25, 0.3) is 0 Å². The van der Waals surface area contributed by atoms with Gasteiger partial charge in [0.2, 0.25) is 0 Å². The molecule has 0 heterocycles. The van der Waals surface area contributed by atoms with Gasteiger partial charge in [0, 0.05) is 0 Å². The number of benzene rings is 2. The molecule has 5 heteroatoms. The van der Waals surface area contributed by atoms with Gasteiger partial charge in [0.25, 0.3) is 0 Å². The van der Waals surface area contributed by atoms with Gasteiger partial charge in [-0.2, -0.15) is 0 Å². The first-order valence-electron chi connectivity index (χ1n) is 10.5. The van der Waals surface area contributed by atoms with Crippen molar-refractivity contribution in [3.63, 3.8) is 0 Å². The predicted octanol–water partition coefficient (Wildman–Crippen LogP) is 3.70. The van der Waals surface area contributed by atoms with Crippen LogP contribution in [-0.4, -0.2) is 38.9 Å². The van der Waals surface area contributed by atoms with E-state index in [1.54, 1.807) is 11.8 Å². The van der Waals surface area contributed by atoms with E-state index in [2.05, 4.69) is 29.6 Å². The van der Waals surface area contributed by atoms with E-state index in [4.69, 9.17) is 0 Å².